The zero-order valence-electron chi connectivity index (χ0n) is 7.92. The molecule has 14 heavy (non-hydrogen) atoms. The molecule has 0 amide bonds. The molecule has 0 radical (unpaired) electrons. The second kappa shape index (κ2) is 4.34. The van der Waals surface area contributed by atoms with Gasteiger partial charge in [-0.25, -0.2) is 8.78 Å². The highest BCUT2D eigenvalue weighted by molar-refractivity contribution is 5.35. The molecule has 78 valence electrons. The largest absolute Gasteiger partial charge is 0.496 e. The molecule has 0 aromatic heterocycles. The normalized spacial score (nSPS) is 10.7. The highest BCUT2D eigenvalue weighted by atomic mass is 19.1. The van der Waals surface area contributed by atoms with Crippen LogP contribution in [0.4, 0.5) is 8.78 Å². The van der Waals surface area contributed by atoms with Gasteiger partial charge in [-0.2, -0.15) is 5.06 Å². The fourth-order valence-electron chi connectivity index (χ4n) is 1.14. The minimum absolute atomic E-state index is 0.0602. The Balaban J connectivity index is 3.11. The molecular formula is C9H11F2NO2. The molecule has 0 aliphatic heterocycles. The Bertz CT molecular complexity index is 329. The summed E-state index contributed by atoms with van der Waals surface area (Å²) < 4.78 is 30.7. The third-order valence-corrected chi connectivity index (χ3v) is 1.73. The van der Waals surface area contributed by atoms with E-state index in [9.17, 15) is 8.78 Å². The van der Waals surface area contributed by atoms with E-state index < -0.39 is 11.6 Å². The number of hydroxylamine groups is 2. The fourth-order valence-corrected chi connectivity index (χ4v) is 1.14. The molecular weight excluding hydrogens is 192 g/mol. The molecule has 3 nitrogen and oxygen atoms in total. The average Bonchev–Trinajstić information content (AvgIpc) is 2.08. The molecule has 0 unspecified atom stereocenters. The Morgan fingerprint density at radius 2 is 2.07 bits per heavy atom. The van der Waals surface area contributed by atoms with Crippen LogP contribution in [0, 0.1) is 11.6 Å². The highest BCUT2D eigenvalue weighted by Gasteiger charge is 2.12. The maximum atomic E-state index is 13.2. The standard InChI is InChI=1S/C9H11F2NO2/c1-12(13)5-7-8(11)3-6(10)4-9(7)14-2/h3-4,13H,5H2,1-2H3. The molecule has 0 bridgehead atoms. The number of nitrogens with zero attached hydrogens (tertiary/aromatic N) is 1. The van der Waals surface area contributed by atoms with E-state index in [0.717, 1.165) is 17.2 Å². The van der Waals surface area contributed by atoms with E-state index in [0.29, 0.717) is 0 Å². The van der Waals surface area contributed by atoms with Gasteiger partial charge >= 0.3 is 0 Å². The predicted octanol–water partition coefficient (Wildman–Crippen LogP) is 1.79. The van der Waals surface area contributed by atoms with Crippen molar-refractivity contribution in [1.82, 2.24) is 5.06 Å². The van der Waals surface area contributed by atoms with Crippen molar-refractivity contribution >= 4 is 0 Å². The van der Waals surface area contributed by atoms with Gasteiger partial charge in [0.05, 0.1) is 13.7 Å². The van der Waals surface area contributed by atoms with Crippen molar-refractivity contribution in [2.45, 2.75) is 6.54 Å². The van der Waals surface area contributed by atoms with E-state index in [1.807, 2.05) is 0 Å². The zero-order valence-corrected chi connectivity index (χ0v) is 7.92. The minimum Gasteiger partial charge on any atom is -0.496 e. The van der Waals surface area contributed by atoms with Gasteiger partial charge in [0.15, 0.2) is 0 Å². The lowest BCUT2D eigenvalue weighted by molar-refractivity contribution is -0.0742. The number of benzene rings is 1. The molecule has 1 aromatic carbocycles. The summed E-state index contributed by atoms with van der Waals surface area (Å²) in [6, 6.07) is 1.82. The average molecular weight is 203 g/mol. The van der Waals surface area contributed by atoms with E-state index in [1.54, 1.807) is 0 Å². The van der Waals surface area contributed by atoms with Crippen LogP contribution in [0.2, 0.25) is 0 Å². The molecule has 0 heterocycles. The molecule has 0 aliphatic rings. The van der Waals surface area contributed by atoms with Crippen LogP contribution in [-0.4, -0.2) is 24.4 Å². The second-order valence-corrected chi connectivity index (χ2v) is 2.88. The quantitative estimate of drug-likeness (QED) is 0.760. The SMILES string of the molecule is COc1cc(F)cc(F)c1CN(C)O. The lowest BCUT2D eigenvalue weighted by Crippen LogP contribution is -2.14. The van der Waals surface area contributed by atoms with Crippen LogP contribution in [0.15, 0.2) is 12.1 Å². The smallest absolute Gasteiger partial charge is 0.134 e. The van der Waals surface area contributed by atoms with Gasteiger partial charge in [-0.1, -0.05) is 0 Å². The predicted molar refractivity (Wildman–Crippen MR) is 46.2 cm³/mol. The third-order valence-electron chi connectivity index (χ3n) is 1.73. The number of hydrogen-bond acceptors (Lipinski definition) is 3. The van der Waals surface area contributed by atoms with Crippen molar-refractivity contribution in [3.05, 3.63) is 29.3 Å². The van der Waals surface area contributed by atoms with Crippen molar-refractivity contribution in [2.75, 3.05) is 14.2 Å². The topological polar surface area (TPSA) is 32.7 Å². The van der Waals surface area contributed by atoms with Gasteiger partial charge < -0.3 is 9.94 Å². The summed E-state index contributed by atoms with van der Waals surface area (Å²) in [7, 11) is 2.68. The molecule has 1 N–H and O–H groups in total. The van der Waals surface area contributed by atoms with Crippen LogP contribution in [0.3, 0.4) is 0 Å². The first-order chi connectivity index (χ1) is 6.54. The van der Waals surface area contributed by atoms with Crippen LogP contribution in [0.1, 0.15) is 5.56 Å². The van der Waals surface area contributed by atoms with Crippen molar-refractivity contribution in [3.8, 4) is 5.75 Å². The summed E-state index contributed by atoms with van der Waals surface area (Å²) >= 11 is 0. The van der Waals surface area contributed by atoms with Crippen LogP contribution in [0.25, 0.3) is 0 Å². The fraction of sp³-hybridized carbons (Fsp3) is 0.333. The van der Waals surface area contributed by atoms with Gasteiger partial charge in [-0.15, -0.1) is 0 Å². The van der Waals surface area contributed by atoms with Crippen LogP contribution >= 0.6 is 0 Å². The Morgan fingerprint density at radius 1 is 1.43 bits per heavy atom. The van der Waals surface area contributed by atoms with Crippen molar-refractivity contribution in [1.29, 1.82) is 0 Å². The van der Waals surface area contributed by atoms with Gasteiger partial charge in [0.2, 0.25) is 0 Å². The van der Waals surface area contributed by atoms with E-state index in [-0.39, 0.29) is 17.9 Å². The molecule has 0 saturated carbocycles. The number of halogens is 2. The Morgan fingerprint density at radius 3 is 2.57 bits per heavy atom. The number of hydrogen-bond donors (Lipinski definition) is 1. The summed E-state index contributed by atoms with van der Waals surface area (Å²) in [6.07, 6.45) is 0. The summed E-state index contributed by atoms with van der Waals surface area (Å²) in [5.41, 5.74) is 0.124. The molecule has 0 atom stereocenters. The Kier molecular flexibility index (Phi) is 3.38. The first-order valence-corrected chi connectivity index (χ1v) is 3.96. The van der Waals surface area contributed by atoms with Crippen LogP contribution < -0.4 is 4.74 Å². The maximum Gasteiger partial charge on any atom is 0.134 e. The molecule has 0 aliphatic carbocycles. The zero-order chi connectivity index (χ0) is 10.7. The number of rotatable bonds is 3. The van der Waals surface area contributed by atoms with Crippen LogP contribution in [0.5, 0.6) is 5.75 Å². The number of methoxy groups -OCH3 is 1. The first-order valence-electron chi connectivity index (χ1n) is 3.96. The minimum atomic E-state index is -0.734. The van der Waals surface area contributed by atoms with E-state index in [4.69, 9.17) is 9.94 Å². The molecule has 5 heteroatoms. The van der Waals surface area contributed by atoms with E-state index >= 15 is 0 Å². The lowest BCUT2D eigenvalue weighted by atomic mass is 10.2. The van der Waals surface area contributed by atoms with Gasteiger partial charge in [-0.05, 0) is 0 Å². The summed E-state index contributed by atoms with van der Waals surface area (Å²) in [6.45, 7) is -0.0602. The van der Waals surface area contributed by atoms with Gasteiger partial charge in [0.1, 0.15) is 17.4 Å². The second-order valence-electron chi connectivity index (χ2n) is 2.88. The summed E-state index contributed by atoms with van der Waals surface area (Å²) in [5, 5.41) is 9.73. The first kappa shape index (κ1) is 10.9. The van der Waals surface area contributed by atoms with Crippen molar-refractivity contribution in [3.63, 3.8) is 0 Å². The third kappa shape index (κ3) is 2.40. The molecule has 1 rings (SSSR count). The maximum absolute atomic E-state index is 13.2. The molecule has 0 saturated heterocycles. The highest BCUT2D eigenvalue weighted by Crippen LogP contribution is 2.23. The monoisotopic (exact) mass is 203 g/mol. The van der Waals surface area contributed by atoms with Gasteiger partial charge in [-0.3, -0.25) is 0 Å². The molecule has 0 fully saturated rings. The van der Waals surface area contributed by atoms with E-state index in [2.05, 4.69) is 0 Å². The van der Waals surface area contributed by atoms with Gasteiger partial charge in [0.25, 0.3) is 0 Å². The summed E-state index contributed by atoms with van der Waals surface area (Å²) in [4.78, 5) is 0. The van der Waals surface area contributed by atoms with Crippen molar-refractivity contribution in [2.24, 2.45) is 0 Å². The van der Waals surface area contributed by atoms with Crippen LogP contribution in [-0.2, 0) is 6.54 Å². The van der Waals surface area contributed by atoms with Crippen molar-refractivity contribution < 1.29 is 18.7 Å². The molecule has 1 aromatic rings. The van der Waals surface area contributed by atoms with Gasteiger partial charge in [0, 0.05) is 24.7 Å². The lowest BCUT2D eigenvalue weighted by Gasteiger charge is -2.12. The number of ether oxygens (including phenoxy) is 1. The Hall–Kier alpha value is -1.20. The Labute approximate surface area is 80.5 Å². The molecule has 0 spiro atoms. The van der Waals surface area contributed by atoms with E-state index in [1.165, 1.54) is 14.2 Å². The summed E-state index contributed by atoms with van der Waals surface area (Å²) in [5.74, 6) is -1.35.